The Hall–Kier alpha value is -1.66. The molecule has 0 spiro atoms. The molecule has 2 rings (SSSR count). The average molecular weight is 268 g/mol. The van der Waals surface area contributed by atoms with E-state index >= 15 is 0 Å². The topological polar surface area (TPSA) is 84.6 Å². The lowest BCUT2D eigenvalue weighted by molar-refractivity contribution is -0.0605. The van der Waals surface area contributed by atoms with Crippen LogP contribution in [0.3, 0.4) is 0 Å². The monoisotopic (exact) mass is 268 g/mol. The van der Waals surface area contributed by atoms with Crippen molar-refractivity contribution in [3.63, 3.8) is 0 Å². The molecule has 104 valence electrons. The second-order valence-electron chi connectivity index (χ2n) is 4.75. The maximum atomic E-state index is 12.9. The Balaban J connectivity index is 1.97. The summed E-state index contributed by atoms with van der Waals surface area (Å²) in [5.74, 6) is -0.908. The molecule has 0 saturated carbocycles. The van der Waals surface area contributed by atoms with Crippen molar-refractivity contribution in [2.24, 2.45) is 0 Å². The molecule has 0 bridgehead atoms. The fraction of sp³-hybridized carbons (Fsp3) is 0.462. The Kier molecular flexibility index (Phi) is 4.01. The molecule has 4 N–H and O–H groups in total. The Bertz CT molecular complexity index is 473. The Morgan fingerprint density at radius 3 is 2.79 bits per heavy atom. The van der Waals surface area contributed by atoms with Gasteiger partial charge in [-0.05, 0) is 18.2 Å². The van der Waals surface area contributed by atoms with E-state index < -0.39 is 17.3 Å². The Morgan fingerprint density at radius 2 is 2.16 bits per heavy atom. The van der Waals surface area contributed by atoms with E-state index in [0.29, 0.717) is 26.1 Å². The number of carbonyl (C=O) groups is 1. The van der Waals surface area contributed by atoms with Crippen molar-refractivity contribution in [1.29, 1.82) is 0 Å². The highest BCUT2D eigenvalue weighted by molar-refractivity contribution is 5.99. The lowest BCUT2D eigenvalue weighted by Crippen LogP contribution is -2.46. The summed E-state index contributed by atoms with van der Waals surface area (Å²) in [4.78, 5) is 11.9. The number of anilines is 1. The molecule has 0 radical (unpaired) electrons. The molecule has 1 aliphatic rings. The summed E-state index contributed by atoms with van der Waals surface area (Å²) < 4.78 is 18.0. The number of amides is 1. The smallest absolute Gasteiger partial charge is 0.253 e. The number of carbonyl (C=O) groups excluding carboxylic acids is 1. The zero-order valence-electron chi connectivity index (χ0n) is 10.5. The normalized spacial score (nSPS) is 18.0. The van der Waals surface area contributed by atoms with Gasteiger partial charge in [-0.2, -0.15) is 0 Å². The van der Waals surface area contributed by atoms with Crippen LogP contribution in [-0.2, 0) is 4.74 Å². The van der Waals surface area contributed by atoms with Crippen molar-refractivity contribution in [2.45, 2.75) is 18.4 Å². The molecule has 1 aromatic carbocycles. The van der Waals surface area contributed by atoms with Gasteiger partial charge < -0.3 is 20.9 Å². The number of hydrogen-bond acceptors (Lipinski definition) is 4. The number of halogens is 1. The highest BCUT2D eigenvalue weighted by atomic mass is 19.1. The van der Waals surface area contributed by atoms with Crippen molar-refractivity contribution in [3.05, 3.63) is 29.6 Å². The summed E-state index contributed by atoms with van der Waals surface area (Å²) in [6.45, 7) is 1.09. The molecular formula is C13H17FN2O3. The number of hydrogen-bond donors (Lipinski definition) is 3. The van der Waals surface area contributed by atoms with Gasteiger partial charge in [0.1, 0.15) is 5.82 Å². The molecule has 1 saturated heterocycles. The van der Waals surface area contributed by atoms with E-state index in [0.717, 1.165) is 6.07 Å². The second kappa shape index (κ2) is 5.54. The SMILES string of the molecule is Nc1cc(F)ccc1C(=O)NCC1(O)CCOCC1. The molecule has 0 aliphatic carbocycles. The summed E-state index contributed by atoms with van der Waals surface area (Å²) >= 11 is 0. The summed E-state index contributed by atoms with van der Waals surface area (Å²) in [6, 6.07) is 3.60. The molecule has 1 fully saturated rings. The van der Waals surface area contributed by atoms with Gasteiger partial charge in [0.2, 0.25) is 0 Å². The summed E-state index contributed by atoms with van der Waals surface area (Å²) in [5.41, 5.74) is 4.92. The van der Waals surface area contributed by atoms with Crippen LogP contribution in [0.25, 0.3) is 0 Å². The van der Waals surface area contributed by atoms with Crippen LogP contribution in [-0.4, -0.2) is 36.4 Å². The van der Waals surface area contributed by atoms with Gasteiger partial charge in [-0.15, -0.1) is 0 Å². The van der Waals surface area contributed by atoms with Crippen molar-refractivity contribution in [1.82, 2.24) is 5.32 Å². The third-order valence-electron chi connectivity index (χ3n) is 3.26. The van der Waals surface area contributed by atoms with E-state index in [1.54, 1.807) is 0 Å². The molecule has 19 heavy (non-hydrogen) atoms. The lowest BCUT2D eigenvalue weighted by atomic mass is 9.94. The molecule has 0 aromatic heterocycles. The first-order chi connectivity index (χ1) is 9.00. The predicted octanol–water partition coefficient (Wildman–Crippen LogP) is 0.679. The van der Waals surface area contributed by atoms with Crippen LogP contribution in [0.4, 0.5) is 10.1 Å². The zero-order valence-corrected chi connectivity index (χ0v) is 10.5. The predicted molar refractivity (Wildman–Crippen MR) is 68.1 cm³/mol. The standard InChI is InChI=1S/C13H17FN2O3/c14-9-1-2-10(11(15)7-9)12(17)16-8-13(18)3-5-19-6-4-13/h1-2,7,18H,3-6,8,15H2,(H,16,17). The van der Waals surface area contributed by atoms with E-state index in [1.807, 2.05) is 0 Å². The molecule has 1 heterocycles. The molecule has 0 atom stereocenters. The van der Waals surface area contributed by atoms with Gasteiger partial charge in [0, 0.05) is 38.3 Å². The number of nitrogen functional groups attached to an aromatic ring is 1. The van der Waals surface area contributed by atoms with Gasteiger partial charge in [0.25, 0.3) is 5.91 Å². The zero-order chi connectivity index (χ0) is 13.9. The first kappa shape index (κ1) is 13.8. The fourth-order valence-corrected chi connectivity index (χ4v) is 2.01. The molecule has 0 unspecified atom stereocenters. The molecule has 6 heteroatoms. The van der Waals surface area contributed by atoms with E-state index in [4.69, 9.17) is 10.5 Å². The van der Waals surface area contributed by atoms with Gasteiger partial charge in [0.05, 0.1) is 11.2 Å². The van der Waals surface area contributed by atoms with Gasteiger partial charge in [0.15, 0.2) is 0 Å². The summed E-state index contributed by atoms with van der Waals surface area (Å²) in [5, 5.41) is 12.8. The van der Waals surface area contributed by atoms with Crippen molar-refractivity contribution < 1.29 is 19.0 Å². The summed E-state index contributed by atoms with van der Waals surface area (Å²) in [6.07, 6.45) is 0.957. The molecule has 1 aromatic rings. The molecule has 1 amide bonds. The number of nitrogens with one attached hydrogen (secondary N) is 1. The Morgan fingerprint density at radius 1 is 1.47 bits per heavy atom. The minimum absolute atomic E-state index is 0.0801. The average Bonchev–Trinajstić information content (AvgIpc) is 2.37. The van der Waals surface area contributed by atoms with Crippen LogP contribution < -0.4 is 11.1 Å². The van der Waals surface area contributed by atoms with E-state index in [9.17, 15) is 14.3 Å². The first-order valence-corrected chi connectivity index (χ1v) is 6.13. The van der Waals surface area contributed by atoms with Crippen molar-refractivity contribution in [3.8, 4) is 0 Å². The van der Waals surface area contributed by atoms with Gasteiger partial charge in [-0.3, -0.25) is 4.79 Å². The van der Waals surface area contributed by atoms with Crippen molar-refractivity contribution >= 4 is 11.6 Å². The maximum absolute atomic E-state index is 12.9. The number of benzene rings is 1. The number of rotatable bonds is 3. The number of nitrogens with two attached hydrogens (primary N) is 1. The lowest BCUT2D eigenvalue weighted by Gasteiger charge is -2.32. The first-order valence-electron chi connectivity index (χ1n) is 6.13. The van der Waals surface area contributed by atoms with Crippen LogP contribution in [0.5, 0.6) is 0 Å². The van der Waals surface area contributed by atoms with Crippen LogP contribution in [0.15, 0.2) is 18.2 Å². The third kappa shape index (κ3) is 3.42. The quantitative estimate of drug-likeness (QED) is 0.704. The number of ether oxygens (including phenoxy) is 1. The molecular weight excluding hydrogens is 251 g/mol. The fourth-order valence-electron chi connectivity index (χ4n) is 2.01. The third-order valence-corrected chi connectivity index (χ3v) is 3.26. The van der Waals surface area contributed by atoms with Gasteiger partial charge in [-0.1, -0.05) is 0 Å². The van der Waals surface area contributed by atoms with Crippen LogP contribution in [0.1, 0.15) is 23.2 Å². The second-order valence-corrected chi connectivity index (χ2v) is 4.75. The van der Waals surface area contributed by atoms with Gasteiger partial charge in [-0.25, -0.2) is 4.39 Å². The minimum Gasteiger partial charge on any atom is -0.398 e. The van der Waals surface area contributed by atoms with Crippen LogP contribution >= 0.6 is 0 Å². The van der Waals surface area contributed by atoms with Crippen LogP contribution in [0, 0.1) is 5.82 Å². The van der Waals surface area contributed by atoms with E-state index in [-0.39, 0.29) is 17.8 Å². The van der Waals surface area contributed by atoms with E-state index in [2.05, 4.69) is 5.32 Å². The largest absolute Gasteiger partial charge is 0.398 e. The number of aliphatic hydroxyl groups is 1. The summed E-state index contributed by atoms with van der Waals surface area (Å²) in [7, 11) is 0. The highest BCUT2D eigenvalue weighted by Gasteiger charge is 2.30. The molecule has 1 aliphatic heterocycles. The Labute approximate surface area is 110 Å². The van der Waals surface area contributed by atoms with Gasteiger partial charge >= 0.3 is 0 Å². The van der Waals surface area contributed by atoms with Crippen LogP contribution in [0.2, 0.25) is 0 Å². The maximum Gasteiger partial charge on any atom is 0.253 e. The molecule has 5 nitrogen and oxygen atoms in total. The van der Waals surface area contributed by atoms with E-state index in [1.165, 1.54) is 12.1 Å². The highest BCUT2D eigenvalue weighted by Crippen LogP contribution is 2.20. The van der Waals surface area contributed by atoms with Crippen molar-refractivity contribution in [2.75, 3.05) is 25.5 Å². The minimum atomic E-state index is -0.942.